The number of nitrogens with zero attached hydrogens (tertiary/aromatic N) is 2. The molecule has 0 aromatic heterocycles. The molecule has 26 heavy (non-hydrogen) atoms. The number of nitrogens with one attached hydrogen (secondary N) is 1. The first kappa shape index (κ1) is 17.7. The first-order chi connectivity index (χ1) is 12.7. The van der Waals surface area contributed by atoms with Gasteiger partial charge in [-0.1, -0.05) is 25.0 Å². The molecule has 0 aliphatic carbocycles. The van der Waals surface area contributed by atoms with Crippen LogP contribution in [0, 0.1) is 11.3 Å². The maximum Gasteiger partial charge on any atom is 0.255 e. The molecule has 3 rings (SSSR count). The second kappa shape index (κ2) is 8.30. The summed E-state index contributed by atoms with van der Waals surface area (Å²) in [5.41, 5.74) is 1.93. The Labute approximate surface area is 153 Å². The minimum atomic E-state index is -0.304. The first-order valence-electron chi connectivity index (χ1n) is 8.89. The number of nitriles is 1. The zero-order chi connectivity index (χ0) is 18.4. The van der Waals surface area contributed by atoms with Crippen LogP contribution in [-0.2, 0) is 0 Å². The van der Waals surface area contributed by atoms with Crippen molar-refractivity contribution in [3.8, 4) is 6.07 Å². The summed E-state index contributed by atoms with van der Waals surface area (Å²) in [5.74, 6) is -0.282. The summed E-state index contributed by atoms with van der Waals surface area (Å²) < 4.78 is 0. The topological polar surface area (TPSA) is 73.2 Å². The molecule has 0 spiro atoms. The van der Waals surface area contributed by atoms with Crippen LogP contribution in [0.2, 0.25) is 0 Å². The number of anilines is 1. The summed E-state index contributed by atoms with van der Waals surface area (Å²) >= 11 is 0. The van der Waals surface area contributed by atoms with Gasteiger partial charge < -0.3 is 10.2 Å². The SMILES string of the molecule is N#Cc1ccccc1NC(=O)c1ccc(C(=O)N2CCCCCC2)cc1. The van der Waals surface area contributed by atoms with E-state index >= 15 is 0 Å². The van der Waals surface area contributed by atoms with Gasteiger partial charge in [0, 0.05) is 24.2 Å². The van der Waals surface area contributed by atoms with Gasteiger partial charge in [-0.3, -0.25) is 9.59 Å². The summed E-state index contributed by atoms with van der Waals surface area (Å²) in [6.07, 6.45) is 4.44. The molecule has 1 saturated heterocycles. The van der Waals surface area contributed by atoms with Crippen LogP contribution in [0.1, 0.15) is 52.0 Å². The molecular weight excluding hydrogens is 326 g/mol. The Hall–Kier alpha value is -3.13. The summed E-state index contributed by atoms with van der Waals surface area (Å²) in [7, 11) is 0. The van der Waals surface area contributed by atoms with Crippen molar-refractivity contribution in [1.29, 1.82) is 5.26 Å². The standard InChI is InChI=1S/C21H21N3O2/c22-15-18-7-3-4-8-19(18)23-20(25)16-9-11-17(12-10-16)21(26)24-13-5-1-2-6-14-24/h3-4,7-12H,1-2,5-6,13-14H2,(H,23,25). The van der Waals surface area contributed by atoms with Gasteiger partial charge in [0.05, 0.1) is 11.3 Å². The highest BCUT2D eigenvalue weighted by Gasteiger charge is 2.17. The van der Waals surface area contributed by atoms with E-state index in [0.29, 0.717) is 22.4 Å². The third kappa shape index (κ3) is 4.09. The Bertz CT molecular complexity index is 829. The van der Waals surface area contributed by atoms with E-state index in [0.717, 1.165) is 25.9 Å². The lowest BCUT2D eigenvalue weighted by molar-refractivity contribution is 0.0761. The third-order valence-electron chi connectivity index (χ3n) is 4.58. The molecule has 2 aromatic rings. The van der Waals surface area contributed by atoms with Crippen molar-refractivity contribution in [2.45, 2.75) is 25.7 Å². The number of benzene rings is 2. The van der Waals surface area contributed by atoms with Crippen LogP contribution in [0.3, 0.4) is 0 Å². The van der Waals surface area contributed by atoms with Crippen LogP contribution >= 0.6 is 0 Å². The van der Waals surface area contributed by atoms with Gasteiger partial charge in [0.1, 0.15) is 6.07 Å². The van der Waals surface area contributed by atoms with Gasteiger partial charge in [0.2, 0.25) is 0 Å². The number of rotatable bonds is 3. The van der Waals surface area contributed by atoms with Crippen LogP contribution in [0.4, 0.5) is 5.69 Å². The van der Waals surface area contributed by atoms with Gasteiger partial charge in [-0.05, 0) is 49.2 Å². The average molecular weight is 347 g/mol. The largest absolute Gasteiger partial charge is 0.339 e. The Morgan fingerprint density at radius 1 is 0.885 bits per heavy atom. The van der Waals surface area contributed by atoms with Crippen LogP contribution in [0.25, 0.3) is 0 Å². The Morgan fingerprint density at radius 3 is 2.15 bits per heavy atom. The number of amides is 2. The van der Waals surface area contributed by atoms with Gasteiger partial charge in [-0.15, -0.1) is 0 Å². The van der Waals surface area contributed by atoms with E-state index in [2.05, 4.69) is 11.4 Å². The fourth-order valence-corrected chi connectivity index (χ4v) is 3.10. The third-order valence-corrected chi connectivity index (χ3v) is 4.58. The summed E-state index contributed by atoms with van der Waals surface area (Å²) in [6.45, 7) is 1.60. The second-order valence-corrected chi connectivity index (χ2v) is 6.40. The quantitative estimate of drug-likeness (QED) is 0.917. The van der Waals surface area contributed by atoms with E-state index in [9.17, 15) is 9.59 Å². The number of hydrogen-bond donors (Lipinski definition) is 1. The molecule has 1 fully saturated rings. The zero-order valence-electron chi connectivity index (χ0n) is 14.6. The molecule has 132 valence electrons. The highest BCUT2D eigenvalue weighted by molar-refractivity contribution is 6.05. The highest BCUT2D eigenvalue weighted by Crippen LogP contribution is 2.17. The normalized spacial score (nSPS) is 14.2. The van der Waals surface area contributed by atoms with Crippen LogP contribution in [0.15, 0.2) is 48.5 Å². The van der Waals surface area contributed by atoms with E-state index in [1.54, 1.807) is 48.5 Å². The van der Waals surface area contributed by atoms with Crippen molar-refractivity contribution in [3.05, 3.63) is 65.2 Å². The molecule has 2 aromatic carbocycles. The van der Waals surface area contributed by atoms with E-state index in [1.165, 1.54) is 12.8 Å². The molecule has 1 aliphatic rings. The molecule has 1 aliphatic heterocycles. The van der Waals surface area contributed by atoms with Crippen LogP contribution < -0.4 is 5.32 Å². The van der Waals surface area contributed by atoms with E-state index in [-0.39, 0.29) is 11.8 Å². The number of hydrogen-bond acceptors (Lipinski definition) is 3. The summed E-state index contributed by atoms with van der Waals surface area (Å²) in [4.78, 5) is 26.9. The van der Waals surface area contributed by atoms with Crippen molar-refractivity contribution < 1.29 is 9.59 Å². The molecule has 0 radical (unpaired) electrons. The Morgan fingerprint density at radius 2 is 1.50 bits per heavy atom. The number of likely N-dealkylation sites (tertiary alicyclic amines) is 1. The number of carbonyl (C=O) groups excluding carboxylic acids is 2. The maximum atomic E-state index is 12.6. The Balaban J connectivity index is 1.69. The molecule has 0 unspecified atom stereocenters. The molecule has 1 heterocycles. The van der Waals surface area contributed by atoms with E-state index in [4.69, 9.17) is 5.26 Å². The van der Waals surface area contributed by atoms with Gasteiger partial charge in [0.25, 0.3) is 11.8 Å². The molecule has 1 N–H and O–H groups in total. The number of carbonyl (C=O) groups is 2. The van der Waals surface area contributed by atoms with Gasteiger partial charge >= 0.3 is 0 Å². The Kier molecular flexibility index (Phi) is 5.65. The van der Waals surface area contributed by atoms with E-state index in [1.807, 2.05) is 4.90 Å². The van der Waals surface area contributed by atoms with Crippen molar-refractivity contribution >= 4 is 17.5 Å². The molecule has 5 heteroatoms. The van der Waals surface area contributed by atoms with Crippen molar-refractivity contribution in [3.63, 3.8) is 0 Å². The lowest BCUT2D eigenvalue weighted by atomic mass is 10.1. The van der Waals surface area contributed by atoms with Crippen molar-refractivity contribution in [2.75, 3.05) is 18.4 Å². The van der Waals surface area contributed by atoms with Crippen LogP contribution in [-0.4, -0.2) is 29.8 Å². The molecule has 5 nitrogen and oxygen atoms in total. The lowest BCUT2D eigenvalue weighted by Gasteiger charge is -2.20. The molecule has 0 bridgehead atoms. The van der Waals surface area contributed by atoms with Gasteiger partial charge in [-0.25, -0.2) is 0 Å². The highest BCUT2D eigenvalue weighted by atomic mass is 16.2. The maximum absolute atomic E-state index is 12.6. The lowest BCUT2D eigenvalue weighted by Crippen LogP contribution is -2.31. The van der Waals surface area contributed by atoms with Crippen molar-refractivity contribution in [2.24, 2.45) is 0 Å². The molecular formula is C21H21N3O2. The second-order valence-electron chi connectivity index (χ2n) is 6.40. The molecule has 2 amide bonds. The fourth-order valence-electron chi connectivity index (χ4n) is 3.10. The van der Waals surface area contributed by atoms with E-state index < -0.39 is 0 Å². The fraction of sp³-hybridized carbons (Fsp3) is 0.286. The van der Waals surface area contributed by atoms with Crippen molar-refractivity contribution in [1.82, 2.24) is 4.90 Å². The average Bonchev–Trinajstić information content (AvgIpc) is 2.97. The first-order valence-corrected chi connectivity index (χ1v) is 8.89. The molecule has 0 saturated carbocycles. The summed E-state index contributed by atoms with van der Waals surface area (Å²) in [5, 5.41) is 11.8. The van der Waals surface area contributed by atoms with Gasteiger partial charge in [-0.2, -0.15) is 5.26 Å². The number of para-hydroxylation sites is 1. The predicted molar refractivity (Wildman–Crippen MR) is 99.9 cm³/mol. The minimum absolute atomic E-state index is 0.0219. The smallest absolute Gasteiger partial charge is 0.255 e. The zero-order valence-corrected chi connectivity index (χ0v) is 14.6. The van der Waals surface area contributed by atoms with Crippen LogP contribution in [0.5, 0.6) is 0 Å². The molecule has 0 atom stereocenters. The van der Waals surface area contributed by atoms with Gasteiger partial charge in [0.15, 0.2) is 0 Å². The predicted octanol–water partition coefficient (Wildman–Crippen LogP) is 3.83. The monoisotopic (exact) mass is 347 g/mol. The summed E-state index contributed by atoms with van der Waals surface area (Å²) in [6, 6.07) is 15.6. The minimum Gasteiger partial charge on any atom is -0.339 e.